The molecule has 1 heterocycles. The van der Waals surface area contributed by atoms with E-state index in [2.05, 4.69) is 43.6 Å². The van der Waals surface area contributed by atoms with E-state index in [-0.39, 0.29) is 5.04 Å². The Morgan fingerprint density at radius 2 is 1.63 bits per heavy atom. The molecule has 1 unspecified atom stereocenters. The van der Waals surface area contributed by atoms with Crippen molar-refractivity contribution < 1.29 is 18.5 Å². The summed E-state index contributed by atoms with van der Waals surface area (Å²) < 4.78 is 35.2. The highest BCUT2D eigenvalue weighted by molar-refractivity contribution is 7.90. The van der Waals surface area contributed by atoms with Crippen LogP contribution in [-0.4, -0.2) is 48.5 Å². The molecule has 2 rings (SSSR count). The average molecular weight is 521 g/mol. The first-order valence-corrected chi connectivity index (χ1v) is 16.2. The molecule has 0 radical (unpaired) electrons. The summed E-state index contributed by atoms with van der Waals surface area (Å²) in [4.78, 5) is 4.64. The number of benzene rings is 1. The Labute approximate surface area is 216 Å². The van der Waals surface area contributed by atoms with Crippen LogP contribution >= 0.6 is 0 Å². The third-order valence-electron chi connectivity index (χ3n) is 6.43. The van der Waals surface area contributed by atoms with E-state index in [9.17, 15) is 4.55 Å². The topological polar surface area (TPSA) is 75.7 Å². The fraction of sp³-hybridized carbons (Fsp3) is 0.593. The van der Waals surface area contributed by atoms with Crippen molar-refractivity contribution in [2.24, 2.45) is 0 Å². The first kappa shape index (κ1) is 30.0. The van der Waals surface area contributed by atoms with Gasteiger partial charge in [-0.1, -0.05) is 57.2 Å². The van der Waals surface area contributed by atoms with Gasteiger partial charge in [-0.3, -0.25) is 4.98 Å². The molecule has 196 valence electrons. The number of aromatic nitrogens is 1. The molecule has 0 saturated carbocycles. The fourth-order valence-corrected chi connectivity index (χ4v) is 5.31. The van der Waals surface area contributed by atoms with E-state index in [1.165, 1.54) is 0 Å². The summed E-state index contributed by atoms with van der Waals surface area (Å²) in [6, 6.07) is 15.4. The molecule has 0 bridgehead atoms. The zero-order chi connectivity index (χ0) is 26.3. The lowest BCUT2D eigenvalue weighted by atomic mass is 10.0. The van der Waals surface area contributed by atoms with Crippen LogP contribution in [0.2, 0.25) is 18.1 Å². The van der Waals surface area contributed by atoms with Crippen LogP contribution in [0.4, 0.5) is 0 Å². The summed E-state index contributed by atoms with van der Waals surface area (Å²) in [5.41, 5.74) is 1.87. The summed E-state index contributed by atoms with van der Waals surface area (Å²) in [5.74, 6) is 0. The molecule has 1 aromatic carbocycles. The first-order valence-electron chi connectivity index (χ1n) is 12.2. The smallest absolute Gasteiger partial charge is 0.193 e. The molecule has 1 N–H and O–H groups in total. The first-order chi connectivity index (χ1) is 16.3. The molecule has 2 aromatic rings. The Morgan fingerprint density at radius 1 is 1.00 bits per heavy atom. The Hall–Kier alpha value is -1.26. The molecule has 35 heavy (non-hydrogen) atoms. The van der Waals surface area contributed by atoms with Crippen LogP contribution in [0.15, 0.2) is 54.7 Å². The van der Waals surface area contributed by atoms with E-state index in [1.54, 1.807) is 13.3 Å². The molecule has 0 spiro atoms. The van der Waals surface area contributed by atoms with Gasteiger partial charge >= 0.3 is 0 Å². The highest BCUT2D eigenvalue weighted by Crippen LogP contribution is 2.41. The Morgan fingerprint density at radius 3 is 2.14 bits per heavy atom. The molecule has 0 aliphatic heterocycles. The van der Waals surface area contributed by atoms with Crippen molar-refractivity contribution in [2.45, 2.75) is 89.3 Å². The van der Waals surface area contributed by atoms with Gasteiger partial charge in [0.05, 0.1) is 18.9 Å². The van der Waals surface area contributed by atoms with Gasteiger partial charge in [0.1, 0.15) is 23.0 Å². The molecule has 0 aliphatic rings. The van der Waals surface area contributed by atoms with Crippen LogP contribution in [0, 0.1) is 0 Å². The molecule has 6 nitrogen and oxygen atoms in total. The molecule has 0 aliphatic carbocycles. The van der Waals surface area contributed by atoms with Crippen molar-refractivity contribution in [3.8, 4) is 0 Å². The van der Waals surface area contributed by atoms with Crippen LogP contribution in [0.5, 0.6) is 0 Å². The lowest BCUT2D eigenvalue weighted by Crippen LogP contribution is -2.56. The van der Waals surface area contributed by atoms with E-state index < -0.39 is 42.7 Å². The molecule has 0 amide bonds. The van der Waals surface area contributed by atoms with E-state index in [0.717, 1.165) is 11.3 Å². The maximum atomic E-state index is 13.3. The second-order valence-electron chi connectivity index (χ2n) is 11.4. The monoisotopic (exact) mass is 520 g/mol. The van der Waals surface area contributed by atoms with E-state index in [1.807, 2.05) is 69.3 Å². The molecular weight excluding hydrogens is 476 g/mol. The molecule has 8 heteroatoms. The second kappa shape index (κ2) is 12.8. The number of pyridine rings is 1. The fourth-order valence-electron chi connectivity index (χ4n) is 3.17. The number of hydrogen-bond acceptors (Lipinski definition) is 6. The summed E-state index contributed by atoms with van der Waals surface area (Å²) in [7, 11) is -0.569. The highest BCUT2D eigenvalue weighted by Gasteiger charge is 2.45. The highest BCUT2D eigenvalue weighted by atomic mass is 32.2. The maximum absolute atomic E-state index is 13.3. The quantitative estimate of drug-likeness (QED) is 0.282. The summed E-state index contributed by atoms with van der Waals surface area (Å²) in [6.07, 6.45) is 0.887. The molecular formula is C27H44N2O4SSi. The minimum Gasteiger partial charge on any atom is -0.598 e. The SMILES string of the molecule is CO[C@H](COCc1ccccc1)[C@H](N[S+]([O-])C(C)(C)C)[C@@H](O[Si](C)(C)C(C)(C)C)c1ccccn1. The number of ether oxygens (including phenoxy) is 2. The van der Waals surface area contributed by atoms with E-state index in [0.29, 0.717) is 13.2 Å². The summed E-state index contributed by atoms with van der Waals surface area (Å²) in [5, 5.41) is -0.0138. The lowest BCUT2D eigenvalue weighted by Gasteiger charge is -2.43. The minimum atomic E-state index is -2.23. The van der Waals surface area contributed by atoms with Gasteiger partial charge in [-0.15, -0.1) is 4.72 Å². The Balaban J connectivity index is 2.41. The summed E-state index contributed by atoms with van der Waals surface area (Å²) in [6.45, 7) is 17.7. The van der Waals surface area contributed by atoms with Gasteiger partial charge < -0.3 is 18.5 Å². The van der Waals surface area contributed by atoms with Crippen LogP contribution < -0.4 is 4.72 Å². The van der Waals surface area contributed by atoms with Gasteiger partial charge in [0.25, 0.3) is 0 Å². The third-order valence-corrected chi connectivity index (χ3v) is 12.5. The van der Waals surface area contributed by atoms with Gasteiger partial charge in [-0.2, -0.15) is 0 Å². The van der Waals surface area contributed by atoms with Crippen molar-refractivity contribution in [1.29, 1.82) is 0 Å². The summed E-state index contributed by atoms with van der Waals surface area (Å²) >= 11 is -1.35. The minimum absolute atomic E-state index is 0.0138. The van der Waals surface area contributed by atoms with Crippen molar-refractivity contribution in [3.05, 3.63) is 66.0 Å². The Bertz CT molecular complexity index is 872. The van der Waals surface area contributed by atoms with Gasteiger partial charge in [-0.05, 0) is 56.6 Å². The van der Waals surface area contributed by atoms with Crippen LogP contribution in [0.1, 0.15) is 58.9 Å². The molecule has 0 fully saturated rings. The maximum Gasteiger partial charge on any atom is 0.193 e. The van der Waals surface area contributed by atoms with E-state index >= 15 is 0 Å². The van der Waals surface area contributed by atoms with Crippen LogP contribution in [-0.2, 0) is 31.9 Å². The van der Waals surface area contributed by atoms with E-state index in [4.69, 9.17) is 13.9 Å². The zero-order valence-corrected chi connectivity index (χ0v) is 24.6. The standard InChI is InChI=1S/C27H44N2O4SSi/c1-26(2,3)34(30)29-24(23(31-7)20-32-19-21-15-11-10-12-16-21)25(22-17-13-14-18-28-22)33-35(8,9)27(4,5)6/h10-18,23-25,29H,19-20H2,1-9H3/t23-,24+,25+,34?/m1/s1. The second-order valence-corrected chi connectivity index (χ2v) is 18.1. The third kappa shape index (κ3) is 8.96. The van der Waals surface area contributed by atoms with Crippen LogP contribution in [0.3, 0.4) is 0 Å². The lowest BCUT2D eigenvalue weighted by molar-refractivity contribution is -0.0389. The number of rotatable bonds is 12. The van der Waals surface area contributed by atoms with Crippen molar-refractivity contribution in [1.82, 2.24) is 9.71 Å². The number of methoxy groups -OCH3 is 1. The number of nitrogens with zero attached hydrogens (tertiary/aromatic N) is 1. The van der Waals surface area contributed by atoms with Gasteiger partial charge in [0, 0.05) is 24.7 Å². The number of hydrogen-bond donors (Lipinski definition) is 1. The zero-order valence-electron chi connectivity index (χ0n) is 22.8. The molecule has 0 saturated heterocycles. The van der Waals surface area contributed by atoms with Crippen LogP contribution in [0.25, 0.3) is 0 Å². The largest absolute Gasteiger partial charge is 0.598 e. The van der Waals surface area contributed by atoms with Gasteiger partial charge in [0.15, 0.2) is 8.32 Å². The molecule has 1 aromatic heterocycles. The van der Waals surface area contributed by atoms with Crippen molar-refractivity contribution in [2.75, 3.05) is 13.7 Å². The predicted octanol–water partition coefficient (Wildman–Crippen LogP) is 5.80. The number of nitrogens with one attached hydrogen (secondary N) is 1. The van der Waals surface area contributed by atoms with Gasteiger partial charge in [0.2, 0.25) is 0 Å². The Kier molecular flexibility index (Phi) is 11.0. The predicted molar refractivity (Wildman–Crippen MR) is 147 cm³/mol. The molecule has 4 atom stereocenters. The van der Waals surface area contributed by atoms with Crippen molar-refractivity contribution >= 4 is 19.7 Å². The normalized spacial score (nSPS) is 16.5. The average Bonchev–Trinajstić information content (AvgIpc) is 2.79. The van der Waals surface area contributed by atoms with Crippen molar-refractivity contribution in [3.63, 3.8) is 0 Å². The van der Waals surface area contributed by atoms with Gasteiger partial charge in [-0.25, -0.2) is 0 Å².